The van der Waals surface area contributed by atoms with Crippen LogP contribution in [0.15, 0.2) is 57.9 Å². The molecular formula is C20H17F3N2O4S. The number of benzene rings is 2. The maximum atomic E-state index is 12.8. The molecule has 0 saturated carbocycles. The highest BCUT2D eigenvalue weighted by Gasteiger charge is 2.39. The first-order chi connectivity index (χ1) is 14.0. The Bertz CT molecular complexity index is 1170. The summed E-state index contributed by atoms with van der Waals surface area (Å²) in [6, 6.07) is 12.5. The largest absolute Gasteiger partial charge is 0.450 e. The Morgan fingerprint density at radius 3 is 2.13 bits per heavy atom. The van der Waals surface area contributed by atoms with Gasteiger partial charge in [0.05, 0.1) is 16.9 Å². The van der Waals surface area contributed by atoms with Gasteiger partial charge in [-0.15, -0.1) is 0 Å². The highest BCUT2D eigenvalue weighted by atomic mass is 32.2. The van der Waals surface area contributed by atoms with Crippen molar-refractivity contribution in [3.05, 3.63) is 59.9 Å². The van der Waals surface area contributed by atoms with Crippen LogP contribution in [-0.2, 0) is 21.2 Å². The van der Waals surface area contributed by atoms with Crippen molar-refractivity contribution >= 4 is 15.8 Å². The SMILES string of the molecule is CNS(=O)(=O)c1ccc(-c2c(-c3ccc(C)cc3)noc2CC(=O)C(F)(F)F)cc1. The lowest BCUT2D eigenvalue weighted by Crippen LogP contribution is -2.24. The van der Waals surface area contributed by atoms with Gasteiger partial charge >= 0.3 is 6.18 Å². The molecule has 0 bridgehead atoms. The summed E-state index contributed by atoms with van der Waals surface area (Å²) < 4.78 is 69.5. The molecule has 0 fully saturated rings. The molecule has 0 radical (unpaired) electrons. The second-order valence-corrected chi connectivity index (χ2v) is 8.41. The number of Topliss-reactive ketones (excluding diaryl/α,β-unsaturated/α-hetero) is 1. The van der Waals surface area contributed by atoms with Crippen molar-refractivity contribution in [2.24, 2.45) is 0 Å². The number of halogens is 3. The highest BCUT2D eigenvalue weighted by Crippen LogP contribution is 2.36. The standard InChI is InChI=1S/C20H17F3N2O4S/c1-12-3-5-14(6-4-12)19-18(16(29-25-19)11-17(26)20(21,22)23)13-7-9-15(10-8-13)30(27,28)24-2/h3-10,24H,11H2,1-2H3. The molecule has 3 aromatic rings. The maximum absolute atomic E-state index is 12.8. The van der Waals surface area contributed by atoms with Gasteiger partial charge in [-0.1, -0.05) is 47.1 Å². The number of alkyl halides is 3. The number of carbonyl (C=O) groups excluding carboxylic acids is 1. The molecule has 2 aromatic carbocycles. The zero-order valence-corrected chi connectivity index (χ0v) is 16.8. The monoisotopic (exact) mass is 438 g/mol. The average molecular weight is 438 g/mol. The summed E-state index contributed by atoms with van der Waals surface area (Å²) in [7, 11) is -2.43. The molecule has 0 unspecified atom stereocenters. The van der Waals surface area contributed by atoms with Crippen molar-refractivity contribution in [1.29, 1.82) is 0 Å². The van der Waals surface area contributed by atoms with Gasteiger partial charge in [0.25, 0.3) is 0 Å². The first-order valence-electron chi connectivity index (χ1n) is 8.72. The van der Waals surface area contributed by atoms with Crippen molar-refractivity contribution in [3.63, 3.8) is 0 Å². The first kappa shape index (κ1) is 21.7. The number of carbonyl (C=O) groups is 1. The predicted octanol–water partition coefficient (Wildman–Crippen LogP) is 3.90. The fourth-order valence-electron chi connectivity index (χ4n) is 2.82. The molecule has 0 aliphatic rings. The normalized spacial score (nSPS) is 12.2. The number of rotatable bonds is 6. The molecule has 0 amide bonds. The van der Waals surface area contributed by atoms with E-state index in [1.54, 1.807) is 24.3 Å². The minimum Gasteiger partial charge on any atom is -0.360 e. The summed E-state index contributed by atoms with van der Waals surface area (Å²) >= 11 is 0. The molecule has 10 heteroatoms. The van der Waals surface area contributed by atoms with Gasteiger partial charge in [0.1, 0.15) is 5.69 Å². The zero-order valence-electron chi connectivity index (χ0n) is 15.9. The molecular weight excluding hydrogens is 421 g/mol. The van der Waals surface area contributed by atoms with Crippen molar-refractivity contribution in [2.45, 2.75) is 24.4 Å². The van der Waals surface area contributed by atoms with E-state index >= 15 is 0 Å². The van der Waals surface area contributed by atoms with E-state index < -0.39 is 28.4 Å². The average Bonchev–Trinajstić information content (AvgIpc) is 3.11. The van der Waals surface area contributed by atoms with Crippen LogP contribution in [0.4, 0.5) is 13.2 Å². The fraction of sp³-hybridized carbons (Fsp3) is 0.200. The van der Waals surface area contributed by atoms with Gasteiger partial charge in [-0.25, -0.2) is 13.1 Å². The predicted molar refractivity (Wildman–Crippen MR) is 103 cm³/mol. The topological polar surface area (TPSA) is 89.3 Å². The van der Waals surface area contributed by atoms with Crippen molar-refractivity contribution < 1.29 is 30.9 Å². The third-order valence-electron chi connectivity index (χ3n) is 4.45. The lowest BCUT2D eigenvalue weighted by molar-refractivity contribution is -0.170. The number of aromatic nitrogens is 1. The number of hydrogen-bond donors (Lipinski definition) is 1. The maximum Gasteiger partial charge on any atom is 0.450 e. The van der Waals surface area contributed by atoms with Gasteiger partial charge < -0.3 is 4.52 Å². The number of aryl methyl sites for hydroxylation is 1. The Hall–Kier alpha value is -2.98. The summed E-state index contributed by atoms with van der Waals surface area (Å²) in [5.41, 5.74) is 2.37. The number of hydrogen-bond acceptors (Lipinski definition) is 5. The molecule has 0 saturated heterocycles. The molecule has 1 N–H and O–H groups in total. The van der Waals surface area contributed by atoms with Gasteiger partial charge in [0, 0.05) is 5.56 Å². The van der Waals surface area contributed by atoms with E-state index in [2.05, 4.69) is 9.88 Å². The van der Waals surface area contributed by atoms with E-state index in [9.17, 15) is 26.4 Å². The summed E-state index contributed by atoms with van der Waals surface area (Å²) in [6.45, 7) is 1.88. The Morgan fingerprint density at radius 1 is 1.03 bits per heavy atom. The number of nitrogens with one attached hydrogen (secondary N) is 1. The molecule has 30 heavy (non-hydrogen) atoms. The van der Waals surface area contributed by atoms with Gasteiger partial charge in [0.15, 0.2) is 5.76 Å². The highest BCUT2D eigenvalue weighted by molar-refractivity contribution is 7.89. The smallest absolute Gasteiger partial charge is 0.360 e. The van der Waals surface area contributed by atoms with E-state index in [1.807, 2.05) is 6.92 Å². The zero-order chi connectivity index (χ0) is 22.1. The van der Waals surface area contributed by atoms with Crippen LogP contribution in [0.25, 0.3) is 22.4 Å². The first-order valence-corrected chi connectivity index (χ1v) is 10.2. The van der Waals surface area contributed by atoms with Crippen LogP contribution in [0.3, 0.4) is 0 Å². The van der Waals surface area contributed by atoms with Crippen molar-refractivity contribution in [1.82, 2.24) is 9.88 Å². The summed E-state index contributed by atoms with van der Waals surface area (Å²) in [5.74, 6) is -2.22. The van der Waals surface area contributed by atoms with E-state index in [-0.39, 0.29) is 21.9 Å². The molecule has 6 nitrogen and oxygen atoms in total. The third kappa shape index (κ3) is 4.44. The number of ketones is 1. The van der Waals surface area contributed by atoms with Crippen LogP contribution in [0.1, 0.15) is 11.3 Å². The summed E-state index contributed by atoms with van der Waals surface area (Å²) in [5, 5.41) is 3.89. The molecule has 1 aromatic heterocycles. The Balaban J connectivity index is 2.13. The lowest BCUT2D eigenvalue weighted by atomic mass is 9.97. The van der Waals surface area contributed by atoms with Crippen LogP contribution in [0, 0.1) is 6.92 Å². The molecule has 0 aliphatic heterocycles. The van der Waals surface area contributed by atoms with Crippen LogP contribution in [0.2, 0.25) is 0 Å². The van der Waals surface area contributed by atoms with Crippen LogP contribution >= 0.6 is 0 Å². The molecule has 158 valence electrons. The quantitative estimate of drug-likeness (QED) is 0.631. The molecule has 1 heterocycles. The van der Waals surface area contributed by atoms with Gasteiger partial charge in [-0.05, 0) is 31.7 Å². The molecule has 3 rings (SSSR count). The minimum atomic E-state index is -5.02. The summed E-state index contributed by atoms with van der Waals surface area (Å²) in [4.78, 5) is 11.5. The van der Waals surface area contributed by atoms with Gasteiger partial charge in [-0.3, -0.25) is 4.79 Å². The molecule has 0 atom stereocenters. The second kappa shape index (κ2) is 8.04. The van der Waals surface area contributed by atoms with E-state index in [0.717, 1.165) is 5.56 Å². The second-order valence-electron chi connectivity index (χ2n) is 6.53. The van der Waals surface area contributed by atoms with Crippen LogP contribution in [-0.4, -0.2) is 32.6 Å². The van der Waals surface area contributed by atoms with E-state index in [1.165, 1.54) is 31.3 Å². The third-order valence-corrected chi connectivity index (χ3v) is 5.88. The van der Waals surface area contributed by atoms with Crippen LogP contribution < -0.4 is 4.72 Å². The van der Waals surface area contributed by atoms with Gasteiger partial charge in [0.2, 0.25) is 15.8 Å². The number of nitrogens with zero attached hydrogens (tertiary/aromatic N) is 1. The molecule has 0 spiro atoms. The lowest BCUT2D eigenvalue weighted by Gasteiger charge is -2.08. The Labute approximate surface area is 170 Å². The summed E-state index contributed by atoms with van der Waals surface area (Å²) in [6.07, 6.45) is -6.03. The number of sulfonamides is 1. The van der Waals surface area contributed by atoms with E-state index in [4.69, 9.17) is 4.52 Å². The van der Waals surface area contributed by atoms with E-state index in [0.29, 0.717) is 11.1 Å². The van der Waals surface area contributed by atoms with Crippen molar-refractivity contribution in [3.8, 4) is 22.4 Å². The van der Waals surface area contributed by atoms with Gasteiger partial charge in [-0.2, -0.15) is 13.2 Å². The Kier molecular flexibility index (Phi) is 5.82. The molecule has 0 aliphatic carbocycles. The Morgan fingerprint density at radius 2 is 1.60 bits per heavy atom. The fourth-order valence-corrected chi connectivity index (χ4v) is 3.55. The van der Waals surface area contributed by atoms with Crippen molar-refractivity contribution in [2.75, 3.05) is 7.05 Å². The van der Waals surface area contributed by atoms with Crippen LogP contribution in [0.5, 0.6) is 0 Å². The minimum absolute atomic E-state index is 0.0185.